The lowest BCUT2D eigenvalue weighted by Gasteiger charge is -2.29. The van der Waals surface area contributed by atoms with Crippen LogP contribution in [0.4, 0.5) is 4.39 Å². The average Bonchev–Trinajstić information content (AvgIpc) is 3.43. The Labute approximate surface area is 176 Å². The SMILES string of the molecule is CC(NC(=O)c1nc(-c2cccs2)n(-c2cccc(F)c2)n1)C(=O)N1CCOCC1. The number of amides is 2. The van der Waals surface area contributed by atoms with Crippen LogP contribution in [0.5, 0.6) is 0 Å². The monoisotopic (exact) mass is 429 g/mol. The third-order valence-electron chi connectivity index (χ3n) is 4.65. The van der Waals surface area contributed by atoms with Crippen LogP contribution in [0.25, 0.3) is 16.4 Å². The molecule has 2 amide bonds. The van der Waals surface area contributed by atoms with Crippen LogP contribution in [0.3, 0.4) is 0 Å². The number of carbonyl (C=O) groups is 2. The summed E-state index contributed by atoms with van der Waals surface area (Å²) in [4.78, 5) is 32.1. The molecule has 1 fully saturated rings. The third-order valence-corrected chi connectivity index (χ3v) is 5.51. The topological polar surface area (TPSA) is 89.3 Å². The van der Waals surface area contributed by atoms with E-state index in [0.717, 1.165) is 4.88 Å². The molecule has 4 rings (SSSR count). The van der Waals surface area contributed by atoms with Gasteiger partial charge in [-0.3, -0.25) is 9.59 Å². The van der Waals surface area contributed by atoms with E-state index in [-0.39, 0.29) is 11.7 Å². The van der Waals surface area contributed by atoms with E-state index >= 15 is 0 Å². The number of nitrogens with zero attached hydrogens (tertiary/aromatic N) is 4. The number of thiophene rings is 1. The summed E-state index contributed by atoms with van der Waals surface area (Å²) in [5, 5.41) is 8.83. The zero-order valence-electron chi connectivity index (χ0n) is 16.2. The molecule has 3 heterocycles. The average molecular weight is 429 g/mol. The number of aromatic nitrogens is 3. The van der Waals surface area contributed by atoms with Crippen molar-refractivity contribution in [3.8, 4) is 16.4 Å². The van der Waals surface area contributed by atoms with Crippen molar-refractivity contribution in [1.29, 1.82) is 0 Å². The molecule has 1 aliphatic heterocycles. The fraction of sp³-hybridized carbons (Fsp3) is 0.300. The zero-order chi connectivity index (χ0) is 21.1. The molecule has 2 aromatic heterocycles. The minimum Gasteiger partial charge on any atom is -0.378 e. The van der Waals surface area contributed by atoms with E-state index in [9.17, 15) is 14.0 Å². The maximum Gasteiger partial charge on any atom is 0.291 e. The van der Waals surface area contributed by atoms with Gasteiger partial charge in [0.05, 0.1) is 23.8 Å². The van der Waals surface area contributed by atoms with Gasteiger partial charge in [0.1, 0.15) is 11.9 Å². The zero-order valence-corrected chi connectivity index (χ0v) is 17.1. The highest BCUT2D eigenvalue weighted by Crippen LogP contribution is 2.25. The second kappa shape index (κ2) is 8.72. The first-order valence-electron chi connectivity index (χ1n) is 9.47. The highest BCUT2D eigenvalue weighted by atomic mass is 32.1. The van der Waals surface area contributed by atoms with Crippen LogP contribution in [0, 0.1) is 5.82 Å². The summed E-state index contributed by atoms with van der Waals surface area (Å²) < 4.78 is 20.4. The van der Waals surface area contributed by atoms with Crippen LogP contribution in [0.1, 0.15) is 17.5 Å². The summed E-state index contributed by atoms with van der Waals surface area (Å²) in [5.74, 6) is -0.847. The van der Waals surface area contributed by atoms with Gasteiger partial charge in [-0.25, -0.2) is 14.1 Å². The van der Waals surface area contributed by atoms with Gasteiger partial charge < -0.3 is 15.0 Å². The Bertz CT molecular complexity index is 1050. The van der Waals surface area contributed by atoms with Gasteiger partial charge in [0.2, 0.25) is 11.7 Å². The molecule has 0 aliphatic carbocycles. The van der Waals surface area contributed by atoms with Gasteiger partial charge in [0.15, 0.2) is 5.82 Å². The number of carbonyl (C=O) groups excluding carboxylic acids is 2. The molecular weight excluding hydrogens is 409 g/mol. The van der Waals surface area contributed by atoms with Gasteiger partial charge in [-0.15, -0.1) is 16.4 Å². The van der Waals surface area contributed by atoms with E-state index in [1.165, 1.54) is 28.2 Å². The Morgan fingerprint density at radius 3 is 2.73 bits per heavy atom. The largest absolute Gasteiger partial charge is 0.378 e. The maximum absolute atomic E-state index is 13.7. The molecule has 10 heteroatoms. The van der Waals surface area contributed by atoms with Crippen molar-refractivity contribution in [1.82, 2.24) is 25.0 Å². The second-order valence-corrected chi connectivity index (χ2v) is 7.71. The molecule has 156 valence electrons. The number of halogens is 1. The van der Waals surface area contributed by atoms with Crippen LogP contribution in [-0.4, -0.2) is 63.8 Å². The van der Waals surface area contributed by atoms with Crippen molar-refractivity contribution in [2.24, 2.45) is 0 Å². The number of hydrogen-bond acceptors (Lipinski definition) is 6. The number of morpholine rings is 1. The van der Waals surface area contributed by atoms with E-state index in [1.54, 1.807) is 24.0 Å². The van der Waals surface area contributed by atoms with Gasteiger partial charge in [-0.05, 0) is 36.6 Å². The van der Waals surface area contributed by atoms with Crippen LogP contribution in [0.2, 0.25) is 0 Å². The van der Waals surface area contributed by atoms with E-state index in [2.05, 4.69) is 15.4 Å². The molecule has 1 aromatic carbocycles. The van der Waals surface area contributed by atoms with Crippen LogP contribution < -0.4 is 5.32 Å². The first-order chi connectivity index (χ1) is 14.5. The standard InChI is InChI=1S/C20H20FN5O3S/c1-13(20(28)25-7-9-29-10-8-25)22-19(27)17-23-18(16-6-3-11-30-16)26(24-17)15-5-2-4-14(21)12-15/h2-6,11-13H,7-10H2,1H3,(H,22,27). The number of nitrogens with one attached hydrogen (secondary N) is 1. The van der Waals surface area contributed by atoms with Crippen molar-refractivity contribution >= 4 is 23.2 Å². The third kappa shape index (κ3) is 4.24. The van der Waals surface area contributed by atoms with Crippen LogP contribution in [-0.2, 0) is 9.53 Å². The molecule has 1 unspecified atom stereocenters. The minimum atomic E-state index is -0.734. The molecule has 30 heavy (non-hydrogen) atoms. The molecule has 1 saturated heterocycles. The Morgan fingerprint density at radius 2 is 2.03 bits per heavy atom. The van der Waals surface area contributed by atoms with Gasteiger partial charge in [0, 0.05) is 13.1 Å². The Kier molecular flexibility index (Phi) is 5.86. The Balaban J connectivity index is 1.58. The first-order valence-corrected chi connectivity index (χ1v) is 10.3. The molecule has 0 saturated carbocycles. The molecule has 0 bridgehead atoms. The molecule has 8 nitrogen and oxygen atoms in total. The summed E-state index contributed by atoms with van der Waals surface area (Å²) in [6, 6.07) is 8.86. The highest BCUT2D eigenvalue weighted by molar-refractivity contribution is 7.13. The van der Waals surface area contributed by atoms with Crippen molar-refractivity contribution in [3.05, 3.63) is 53.4 Å². The van der Waals surface area contributed by atoms with Crippen molar-refractivity contribution in [2.45, 2.75) is 13.0 Å². The summed E-state index contributed by atoms with van der Waals surface area (Å²) in [5.41, 5.74) is 0.447. The fourth-order valence-corrected chi connectivity index (χ4v) is 3.84. The van der Waals surface area contributed by atoms with E-state index in [4.69, 9.17) is 4.74 Å². The normalized spacial score (nSPS) is 15.1. The highest BCUT2D eigenvalue weighted by Gasteiger charge is 2.26. The second-order valence-electron chi connectivity index (χ2n) is 6.76. The maximum atomic E-state index is 13.7. The number of rotatable bonds is 5. The first kappa shape index (κ1) is 20.2. The van der Waals surface area contributed by atoms with Gasteiger partial charge in [-0.1, -0.05) is 12.1 Å². The lowest BCUT2D eigenvalue weighted by atomic mass is 10.2. The number of hydrogen-bond donors (Lipinski definition) is 1. The van der Waals surface area contributed by atoms with Crippen LogP contribution >= 0.6 is 11.3 Å². The molecule has 0 spiro atoms. The smallest absolute Gasteiger partial charge is 0.291 e. The number of ether oxygens (including phenoxy) is 1. The predicted molar refractivity (Wildman–Crippen MR) is 109 cm³/mol. The predicted octanol–water partition coefficient (Wildman–Crippen LogP) is 2.11. The Morgan fingerprint density at radius 1 is 1.23 bits per heavy atom. The van der Waals surface area contributed by atoms with Crippen molar-refractivity contribution in [2.75, 3.05) is 26.3 Å². The molecule has 1 aliphatic rings. The van der Waals surface area contributed by atoms with Gasteiger partial charge >= 0.3 is 0 Å². The molecule has 1 N–H and O–H groups in total. The molecule has 1 atom stereocenters. The van der Waals surface area contributed by atoms with Crippen molar-refractivity contribution in [3.63, 3.8) is 0 Å². The molecular formula is C20H20FN5O3S. The summed E-state index contributed by atoms with van der Waals surface area (Å²) in [7, 11) is 0. The summed E-state index contributed by atoms with van der Waals surface area (Å²) in [6.07, 6.45) is 0. The fourth-order valence-electron chi connectivity index (χ4n) is 3.14. The van der Waals surface area contributed by atoms with Gasteiger partial charge in [0.25, 0.3) is 5.91 Å². The summed E-state index contributed by atoms with van der Waals surface area (Å²) in [6.45, 7) is 3.58. The number of benzene rings is 1. The molecule has 0 radical (unpaired) electrons. The molecule has 3 aromatic rings. The van der Waals surface area contributed by atoms with Gasteiger partial charge in [-0.2, -0.15) is 0 Å². The van der Waals surface area contributed by atoms with E-state index in [1.807, 2.05) is 17.5 Å². The minimum absolute atomic E-state index is 0.0933. The van der Waals surface area contributed by atoms with E-state index < -0.39 is 17.8 Å². The quantitative estimate of drug-likeness (QED) is 0.671. The lowest BCUT2D eigenvalue weighted by Crippen LogP contribution is -2.50. The summed E-state index contributed by atoms with van der Waals surface area (Å²) >= 11 is 1.43. The lowest BCUT2D eigenvalue weighted by molar-refractivity contribution is -0.136. The van der Waals surface area contributed by atoms with E-state index in [0.29, 0.717) is 37.8 Å². The van der Waals surface area contributed by atoms with Crippen molar-refractivity contribution < 1.29 is 18.7 Å². The Hall–Kier alpha value is -3.11. The van der Waals surface area contributed by atoms with Crippen LogP contribution in [0.15, 0.2) is 41.8 Å².